The third-order valence-corrected chi connectivity index (χ3v) is 11.5. The van der Waals surface area contributed by atoms with Crippen molar-refractivity contribution in [3.05, 3.63) is 64.7 Å². The van der Waals surface area contributed by atoms with E-state index in [9.17, 15) is 40.7 Å². The van der Waals surface area contributed by atoms with Crippen LogP contribution in [0.2, 0.25) is 0 Å². The van der Waals surface area contributed by atoms with Gasteiger partial charge in [-0.25, -0.2) is 9.59 Å². The maximum absolute atomic E-state index is 14.0. The number of aldehydes is 1. The van der Waals surface area contributed by atoms with Gasteiger partial charge in [-0.2, -0.15) is 26.3 Å². The van der Waals surface area contributed by atoms with Gasteiger partial charge in [0, 0.05) is 50.7 Å². The number of fused-ring (bicyclic) bond motifs is 1. The Balaban J connectivity index is 1.26. The van der Waals surface area contributed by atoms with Crippen LogP contribution >= 0.6 is 0 Å². The van der Waals surface area contributed by atoms with E-state index >= 15 is 0 Å². The molecule has 3 fully saturated rings. The highest BCUT2D eigenvalue weighted by molar-refractivity contribution is 5.91. The second kappa shape index (κ2) is 15.2. The average molecular weight is 738 g/mol. The Labute approximate surface area is 299 Å². The van der Waals surface area contributed by atoms with E-state index in [1.165, 1.54) is 4.90 Å². The lowest BCUT2D eigenvalue weighted by Crippen LogP contribution is -2.69. The lowest BCUT2D eigenvalue weighted by molar-refractivity contribution is -0.143. The number of para-hydroxylation sites is 1. The average Bonchev–Trinajstić information content (AvgIpc) is 3.28. The Hall–Kier alpha value is -3.85. The first-order valence-corrected chi connectivity index (χ1v) is 17.9. The van der Waals surface area contributed by atoms with Gasteiger partial charge < -0.3 is 24.6 Å². The number of halogens is 6. The van der Waals surface area contributed by atoms with Gasteiger partial charge in [0.05, 0.1) is 11.1 Å². The molecule has 15 heteroatoms. The number of benzene rings is 2. The van der Waals surface area contributed by atoms with E-state index in [4.69, 9.17) is 4.74 Å². The fourth-order valence-corrected chi connectivity index (χ4v) is 8.71. The van der Waals surface area contributed by atoms with E-state index in [1.807, 2.05) is 24.3 Å². The summed E-state index contributed by atoms with van der Waals surface area (Å²) in [6, 6.07) is 7.96. The number of hydrogen-bond acceptors (Lipinski definition) is 6. The molecule has 3 amide bonds. The van der Waals surface area contributed by atoms with Crippen molar-refractivity contribution in [1.82, 2.24) is 19.6 Å². The molecule has 284 valence electrons. The number of rotatable bonds is 7. The molecule has 0 aromatic heterocycles. The van der Waals surface area contributed by atoms with E-state index in [0.717, 1.165) is 56.3 Å². The molecule has 3 saturated heterocycles. The molecular formula is C37H45F6N5O4. The van der Waals surface area contributed by atoms with Crippen LogP contribution in [0.25, 0.3) is 0 Å². The van der Waals surface area contributed by atoms with Gasteiger partial charge >= 0.3 is 24.5 Å². The largest absolute Gasteiger partial charge is 0.445 e. The van der Waals surface area contributed by atoms with Gasteiger partial charge in [0.2, 0.25) is 0 Å². The van der Waals surface area contributed by atoms with Crippen LogP contribution in [0.4, 0.5) is 41.6 Å². The van der Waals surface area contributed by atoms with Crippen molar-refractivity contribution in [3.8, 4) is 0 Å². The summed E-state index contributed by atoms with van der Waals surface area (Å²) in [5, 5.41) is 2.99. The predicted octanol–water partition coefficient (Wildman–Crippen LogP) is 7.25. The number of nitrogens with one attached hydrogen (secondary N) is 1. The molecule has 0 bridgehead atoms. The molecule has 0 aliphatic carbocycles. The normalized spacial score (nSPS) is 24.6. The van der Waals surface area contributed by atoms with Crippen molar-refractivity contribution in [3.63, 3.8) is 0 Å². The van der Waals surface area contributed by atoms with Crippen LogP contribution in [0.3, 0.4) is 0 Å². The number of alkyl halides is 6. The number of ether oxygens (including phenoxy) is 1. The van der Waals surface area contributed by atoms with Crippen LogP contribution < -0.4 is 5.32 Å². The number of carbonyl (C=O) groups is 3. The maximum atomic E-state index is 14.0. The lowest BCUT2D eigenvalue weighted by atomic mass is 9.77. The number of likely N-dealkylation sites (tertiary alicyclic amines) is 3. The van der Waals surface area contributed by atoms with Crippen LogP contribution in [-0.4, -0.2) is 96.0 Å². The molecule has 0 radical (unpaired) electrons. The summed E-state index contributed by atoms with van der Waals surface area (Å²) in [7, 11) is 2.11. The standard InChI is InChI=1S/C37H45F6N5O4/c1-45-13-6-26(7-14-45)27-8-15-46(16-9-27)35(12-19-49)23-31(47-17-10-28-4-2-3-5-32(28)44-33(47)50)11-18-48(35)34(51)52-24-25-20-29(36(38,39)40)22-30(21-25)37(41,42)43/h2-5,19-22,26-27,31H,6-18,23-24H2,1H3,(H,44,50)/t31-,35+/m1/s1. The SMILES string of the molecule is CN1CCC(C2CCN([C@]3(CC=O)C[C@H](N4CCc5ccccc5NC4=O)CCN3C(=O)OCc3cc(C(F)(F)F)cc(C(F)(F)F)c3)CC2)CC1. The number of anilines is 1. The van der Waals surface area contributed by atoms with Crippen LogP contribution in [-0.2, 0) is 34.9 Å². The first-order valence-electron chi connectivity index (χ1n) is 17.9. The van der Waals surface area contributed by atoms with Gasteiger partial charge in [-0.05, 0) is 106 Å². The predicted molar refractivity (Wildman–Crippen MR) is 180 cm³/mol. The summed E-state index contributed by atoms with van der Waals surface area (Å²) in [4.78, 5) is 47.7. The van der Waals surface area contributed by atoms with Crippen molar-refractivity contribution in [2.45, 2.75) is 82.0 Å². The molecule has 9 nitrogen and oxygen atoms in total. The molecule has 6 rings (SSSR count). The lowest BCUT2D eigenvalue weighted by Gasteiger charge is -2.57. The van der Waals surface area contributed by atoms with Gasteiger partial charge in [-0.3, -0.25) is 9.80 Å². The zero-order valence-corrected chi connectivity index (χ0v) is 29.1. The molecule has 4 aliphatic heterocycles. The van der Waals surface area contributed by atoms with E-state index in [0.29, 0.717) is 56.4 Å². The molecular weight excluding hydrogens is 692 g/mol. The molecule has 2 atom stereocenters. The summed E-state index contributed by atoms with van der Waals surface area (Å²) in [5.74, 6) is 1.04. The van der Waals surface area contributed by atoms with Gasteiger partial charge in [-0.1, -0.05) is 18.2 Å². The number of piperidine rings is 3. The molecule has 2 aromatic rings. The monoisotopic (exact) mass is 737 g/mol. The van der Waals surface area contributed by atoms with Crippen LogP contribution in [0.1, 0.15) is 67.2 Å². The van der Waals surface area contributed by atoms with Crippen LogP contribution in [0.5, 0.6) is 0 Å². The third-order valence-electron chi connectivity index (χ3n) is 11.5. The fraction of sp³-hybridized carbons (Fsp3) is 0.595. The zero-order chi connectivity index (χ0) is 37.3. The minimum atomic E-state index is -5.05. The van der Waals surface area contributed by atoms with E-state index in [1.54, 1.807) is 4.90 Å². The van der Waals surface area contributed by atoms with E-state index < -0.39 is 47.4 Å². The Morgan fingerprint density at radius 2 is 1.50 bits per heavy atom. The molecule has 0 saturated carbocycles. The van der Waals surface area contributed by atoms with Gasteiger partial charge in [0.1, 0.15) is 18.6 Å². The fourth-order valence-electron chi connectivity index (χ4n) is 8.71. The molecule has 52 heavy (non-hydrogen) atoms. The summed E-state index contributed by atoms with van der Waals surface area (Å²) in [6.07, 6.45) is -5.44. The zero-order valence-electron chi connectivity index (χ0n) is 29.1. The number of carbonyl (C=O) groups excluding carboxylic acids is 3. The first kappa shape index (κ1) is 37.9. The molecule has 1 N–H and O–H groups in total. The Morgan fingerprint density at radius 3 is 2.12 bits per heavy atom. The van der Waals surface area contributed by atoms with Crippen molar-refractivity contribution in [2.24, 2.45) is 11.8 Å². The molecule has 4 aliphatic rings. The molecule has 0 spiro atoms. The van der Waals surface area contributed by atoms with Crippen LogP contribution in [0, 0.1) is 11.8 Å². The highest BCUT2D eigenvalue weighted by Crippen LogP contribution is 2.42. The number of hydrogen-bond donors (Lipinski definition) is 1. The van der Waals surface area contributed by atoms with Crippen molar-refractivity contribution < 1.29 is 45.5 Å². The summed E-state index contributed by atoms with van der Waals surface area (Å²) in [6.45, 7) is 2.82. The third kappa shape index (κ3) is 8.19. The summed E-state index contributed by atoms with van der Waals surface area (Å²) in [5.41, 5.74) is -3.01. The number of urea groups is 1. The van der Waals surface area contributed by atoms with Crippen molar-refractivity contribution in [2.75, 3.05) is 51.6 Å². The summed E-state index contributed by atoms with van der Waals surface area (Å²) < 4.78 is 86.8. The highest BCUT2D eigenvalue weighted by atomic mass is 19.4. The first-order chi connectivity index (χ1) is 24.7. The van der Waals surface area contributed by atoms with Gasteiger partial charge in [0.25, 0.3) is 0 Å². The van der Waals surface area contributed by atoms with Crippen LogP contribution in [0.15, 0.2) is 42.5 Å². The molecule has 2 aromatic carbocycles. The Kier molecular flexibility index (Phi) is 11.1. The van der Waals surface area contributed by atoms with E-state index in [-0.39, 0.29) is 37.5 Å². The smallest absolute Gasteiger partial charge is 0.416 e. The Morgan fingerprint density at radius 1 is 0.885 bits per heavy atom. The van der Waals surface area contributed by atoms with Gasteiger partial charge in [-0.15, -0.1) is 0 Å². The Bertz CT molecular complexity index is 1570. The number of amides is 3. The quantitative estimate of drug-likeness (QED) is 0.238. The molecule has 0 unspecified atom stereocenters. The summed E-state index contributed by atoms with van der Waals surface area (Å²) >= 11 is 0. The van der Waals surface area contributed by atoms with Gasteiger partial charge in [0.15, 0.2) is 0 Å². The van der Waals surface area contributed by atoms with Crippen molar-refractivity contribution in [1.29, 1.82) is 0 Å². The maximum Gasteiger partial charge on any atom is 0.416 e. The minimum absolute atomic E-state index is 0.0257. The topological polar surface area (TPSA) is 85.4 Å². The molecule has 4 heterocycles. The van der Waals surface area contributed by atoms with Crippen molar-refractivity contribution >= 4 is 24.1 Å². The number of nitrogens with zero attached hydrogens (tertiary/aromatic N) is 4. The second-order valence-corrected chi connectivity index (χ2v) is 14.6. The van der Waals surface area contributed by atoms with E-state index in [2.05, 4.69) is 22.2 Å². The second-order valence-electron chi connectivity index (χ2n) is 14.6. The minimum Gasteiger partial charge on any atom is -0.445 e. The highest BCUT2D eigenvalue weighted by Gasteiger charge is 2.52.